The number of hydrogen-bond donors (Lipinski definition) is 0. The molecule has 0 rings (SSSR count). The summed E-state index contributed by atoms with van der Waals surface area (Å²) in [4.78, 5) is 12.1. The maximum atomic E-state index is 12.1. The van der Waals surface area contributed by atoms with Gasteiger partial charge in [-0.25, -0.2) is 0 Å². The van der Waals surface area contributed by atoms with Gasteiger partial charge in [-0.1, -0.05) is 137 Å². The molecule has 0 heterocycles. The lowest BCUT2D eigenvalue weighted by Crippen LogP contribution is -1.96. The molecule has 0 radical (unpaired) electrons. The van der Waals surface area contributed by atoms with Crippen molar-refractivity contribution in [3.05, 3.63) is 97.2 Å². The van der Waals surface area contributed by atoms with Crippen LogP contribution in [0.1, 0.15) is 149 Å². The van der Waals surface area contributed by atoms with E-state index in [1.54, 1.807) is 0 Å². The first-order valence-corrected chi connectivity index (χ1v) is 17.0. The third kappa shape index (κ3) is 35.6. The lowest BCUT2D eigenvalue weighted by molar-refractivity contribution is -0.119. The summed E-state index contributed by atoms with van der Waals surface area (Å²) >= 11 is 0. The molecule has 0 bridgehead atoms. The lowest BCUT2D eigenvalue weighted by atomic mass is 10.1. The minimum atomic E-state index is 0.424. The van der Waals surface area contributed by atoms with Crippen LogP contribution in [-0.2, 0) is 4.79 Å². The van der Waals surface area contributed by atoms with Crippen LogP contribution in [0.25, 0.3) is 0 Å². The van der Waals surface area contributed by atoms with Crippen LogP contribution in [0.3, 0.4) is 0 Å². The number of hydrogen-bond acceptors (Lipinski definition) is 1. The Balaban J connectivity index is 3.53. The van der Waals surface area contributed by atoms with Gasteiger partial charge in [0.2, 0.25) is 0 Å². The highest BCUT2D eigenvalue weighted by Crippen LogP contribution is 2.08. The third-order valence-electron chi connectivity index (χ3n) is 6.82. The van der Waals surface area contributed by atoms with Crippen LogP contribution < -0.4 is 0 Å². The van der Waals surface area contributed by atoms with E-state index in [4.69, 9.17) is 0 Å². The normalized spacial score (nSPS) is 13.0. The molecule has 1 nitrogen and oxygen atoms in total. The van der Waals surface area contributed by atoms with E-state index < -0.39 is 0 Å². The average Bonchev–Trinajstić information content (AvgIpc) is 2.98. The molecule has 0 atom stereocenters. The van der Waals surface area contributed by atoms with E-state index in [2.05, 4.69) is 111 Å². The molecule has 0 aromatic heterocycles. The Morgan fingerprint density at radius 2 is 0.610 bits per heavy atom. The second-order valence-electron chi connectivity index (χ2n) is 10.9. The Hall–Kier alpha value is -2.41. The van der Waals surface area contributed by atoms with Gasteiger partial charge in [-0.3, -0.25) is 4.79 Å². The highest BCUT2D eigenvalue weighted by Gasteiger charge is 2.00. The summed E-state index contributed by atoms with van der Waals surface area (Å²) in [5.74, 6) is 0.424. The van der Waals surface area contributed by atoms with Gasteiger partial charge in [-0.15, -0.1) is 0 Å². The first-order valence-electron chi connectivity index (χ1n) is 17.0. The van der Waals surface area contributed by atoms with Gasteiger partial charge in [0.15, 0.2) is 0 Å². The molecule has 0 fully saturated rings. The molecule has 0 N–H and O–H groups in total. The van der Waals surface area contributed by atoms with Crippen LogP contribution in [0, 0.1) is 0 Å². The summed E-state index contributed by atoms with van der Waals surface area (Å²) in [6, 6.07) is 0. The minimum absolute atomic E-state index is 0.424. The molecule has 0 aliphatic rings. The van der Waals surface area contributed by atoms with E-state index in [1.165, 1.54) is 51.4 Å². The fraction of sp³-hybridized carbons (Fsp3) is 0.575. The number of Topliss-reactive ketones (excluding diaryl/α,β-unsaturated/α-hetero) is 1. The summed E-state index contributed by atoms with van der Waals surface area (Å²) in [6.45, 7) is 4.50. The summed E-state index contributed by atoms with van der Waals surface area (Å²) in [7, 11) is 0. The molecule has 1 heteroatoms. The Labute approximate surface area is 256 Å². The van der Waals surface area contributed by atoms with Gasteiger partial charge in [-0.2, -0.15) is 0 Å². The number of carbonyl (C=O) groups excluding carboxylic acids is 1. The molecule has 230 valence electrons. The van der Waals surface area contributed by atoms with E-state index in [1.807, 2.05) is 0 Å². The smallest absolute Gasteiger partial charge is 0.132 e. The Bertz CT molecular complexity index is 784. The van der Waals surface area contributed by atoms with Gasteiger partial charge in [0.05, 0.1) is 0 Å². The summed E-state index contributed by atoms with van der Waals surface area (Å²) in [6.07, 6.45) is 59.2. The highest BCUT2D eigenvalue weighted by molar-refractivity contribution is 5.78. The zero-order valence-corrected chi connectivity index (χ0v) is 27.0. The van der Waals surface area contributed by atoms with Crippen molar-refractivity contribution in [2.24, 2.45) is 0 Å². The van der Waals surface area contributed by atoms with Crippen molar-refractivity contribution in [2.75, 3.05) is 0 Å². The quantitative estimate of drug-likeness (QED) is 0.0656. The predicted octanol–water partition coefficient (Wildman–Crippen LogP) is 13.2. The van der Waals surface area contributed by atoms with Crippen LogP contribution in [0.5, 0.6) is 0 Å². The van der Waals surface area contributed by atoms with Gasteiger partial charge in [0.25, 0.3) is 0 Å². The van der Waals surface area contributed by atoms with Crippen LogP contribution in [0.4, 0.5) is 0 Å². The van der Waals surface area contributed by atoms with E-state index in [0.29, 0.717) is 5.78 Å². The van der Waals surface area contributed by atoms with Gasteiger partial charge in [0, 0.05) is 12.8 Å². The molecule has 41 heavy (non-hydrogen) atoms. The number of ketones is 1. The zero-order chi connectivity index (χ0) is 29.7. The van der Waals surface area contributed by atoms with E-state index in [0.717, 1.165) is 83.5 Å². The van der Waals surface area contributed by atoms with Gasteiger partial charge in [0.1, 0.15) is 5.78 Å². The molecule has 0 saturated heterocycles. The topological polar surface area (TPSA) is 17.1 Å². The molecular formula is C40H64O. The van der Waals surface area contributed by atoms with Crippen LogP contribution >= 0.6 is 0 Å². The first kappa shape index (κ1) is 38.6. The number of rotatable bonds is 29. The Kier molecular flexibility index (Phi) is 33.5. The van der Waals surface area contributed by atoms with Crippen LogP contribution in [0.2, 0.25) is 0 Å². The van der Waals surface area contributed by atoms with Crippen LogP contribution in [0.15, 0.2) is 97.2 Å². The van der Waals surface area contributed by atoms with Gasteiger partial charge in [-0.05, 0) is 96.3 Å². The number of carbonyl (C=O) groups is 1. The molecule has 0 unspecified atom stereocenters. The molecule has 0 aromatic carbocycles. The summed E-state index contributed by atoms with van der Waals surface area (Å²) < 4.78 is 0. The average molecular weight is 561 g/mol. The van der Waals surface area contributed by atoms with Gasteiger partial charge >= 0.3 is 0 Å². The monoisotopic (exact) mass is 560 g/mol. The molecule has 0 aliphatic carbocycles. The van der Waals surface area contributed by atoms with Crippen molar-refractivity contribution in [1.82, 2.24) is 0 Å². The summed E-state index contributed by atoms with van der Waals surface area (Å²) in [5, 5.41) is 0. The first-order chi connectivity index (χ1) is 20.3. The van der Waals surface area contributed by atoms with Crippen molar-refractivity contribution < 1.29 is 4.79 Å². The van der Waals surface area contributed by atoms with Crippen molar-refractivity contribution >= 4 is 5.78 Å². The largest absolute Gasteiger partial charge is 0.300 e. The Morgan fingerprint density at radius 1 is 0.341 bits per heavy atom. The number of unbranched alkanes of at least 4 members (excludes halogenated alkanes) is 9. The molecule has 0 saturated carbocycles. The van der Waals surface area contributed by atoms with Crippen molar-refractivity contribution in [2.45, 2.75) is 149 Å². The molecule has 0 aromatic rings. The second kappa shape index (κ2) is 35.6. The molecule has 0 spiro atoms. The third-order valence-corrected chi connectivity index (χ3v) is 6.82. The second-order valence-corrected chi connectivity index (χ2v) is 10.9. The SMILES string of the molecule is CCCCCC=CCC=CCC=CCC=CCCCC(=O)CCCC/C=C\C/C=C\C/C=C\C/C=C\CCCCC. The fourth-order valence-corrected chi connectivity index (χ4v) is 4.25. The lowest BCUT2D eigenvalue weighted by Gasteiger charge is -1.99. The highest BCUT2D eigenvalue weighted by atomic mass is 16.1. The zero-order valence-electron chi connectivity index (χ0n) is 27.0. The van der Waals surface area contributed by atoms with Crippen LogP contribution in [-0.4, -0.2) is 5.78 Å². The number of allylic oxidation sites excluding steroid dienone is 16. The van der Waals surface area contributed by atoms with Crippen molar-refractivity contribution in [3.8, 4) is 0 Å². The molecule has 0 aliphatic heterocycles. The maximum absolute atomic E-state index is 12.1. The maximum Gasteiger partial charge on any atom is 0.132 e. The van der Waals surface area contributed by atoms with Crippen molar-refractivity contribution in [3.63, 3.8) is 0 Å². The van der Waals surface area contributed by atoms with Gasteiger partial charge < -0.3 is 0 Å². The van der Waals surface area contributed by atoms with Crippen molar-refractivity contribution in [1.29, 1.82) is 0 Å². The predicted molar refractivity (Wildman–Crippen MR) is 186 cm³/mol. The molecular weight excluding hydrogens is 496 g/mol. The van der Waals surface area contributed by atoms with E-state index in [9.17, 15) is 4.79 Å². The van der Waals surface area contributed by atoms with E-state index in [-0.39, 0.29) is 0 Å². The fourth-order valence-electron chi connectivity index (χ4n) is 4.25. The van der Waals surface area contributed by atoms with E-state index >= 15 is 0 Å². The minimum Gasteiger partial charge on any atom is -0.300 e. The molecule has 0 amide bonds. The Morgan fingerprint density at radius 3 is 0.951 bits per heavy atom. The summed E-state index contributed by atoms with van der Waals surface area (Å²) in [5.41, 5.74) is 0. The standard InChI is InChI=1S/C40H64O/c1-3-5-7-9-11-13-15-17-19-21-23-25-27-29-31-33-35-37-39-40(41)38-36-34-32-30-28-26-24-22-20-18-16-14-12-10-8-6-4-2/h11-14,17-20,23-26,29-32H,3-10,15-16,21-22,27-28,33-39H2,1-2H3/b13-11-,14-12?,19-17-,20-18?,25-23-,26-24?,31-29-,32-30?.